The van der Waals surface area contributed by atoms with Crippen LogP contribution in [0.2, 0.25) is 0 Å². The van der Waals surface area contributed by atoms with Crippen molar-refractivity contribution < 1.29 is 9.84 Å². The molecule has 0 spiro atoms. The van der Waals surface area contributed by atoms with Crippen LogP contribution in [0.15, 0.2) is 0 Å². The van der Waals surface area contributed by atoms with Crippen molar-refractivity contribution in [2.24, 2.45) is 0 Å². The molecule has 60 valence electrons. The van der Waals surface area contributed by atoms with Crippen LogP contribution in [0.5, 0.6) is 0 Å². The third-order valence-electron chi connectivity index (χ3n) is 1.12. The summed E-state index contributed by atoms with van der Waals surface area (Å²) in [4.78, 5) is 0. The third kappa shape index (κ3) is 4.04. The summed E-state index contributed by atoms with van der Waals surface area (Å²) in [7, 11) is 0. The molecule has 0 fully saturated rings. The average molecular weight is 209 g/mol. The molecular formula is C7H14O2Se. The molecule has 1 unspecified atom stereocenters. The Kier molecular flexibility index (Phi) is 5.99. The van der Waals surface area contributed by atoms with Gasteiger partial charge in [-0.15, -0.1) is 0 Å². The van der Waals surface area contributed by atoms with Crippen LogP contribution in [-0.2, 0) is 4.74 Å². The first kappa shape index (κ1) is 10.1. The number of ether oxygens (including phenoxy) is 1. The number of rotatable bonds is 5. The summed E-state index contributed by atoms with van der Waals surface area (Å²) in [6, 6.07) is 0. The topological polar surface area (TPSA) is 29.5 Å². The molecule has 1 atom stereocenters. The van der Waals surface area contributed by atoms with Gasteiger partial charge in [0.15, 0.2) is 0 Å². The van der Waals surface area contributed by atoms with Crippen molar-refractivity contribution in [2.45, 2.75) is 32.8 Å². The van der Waals surface area contributed by atoms with Crippen LogP contribution in [0.1, 0.15) is 26.7 Å². The molecule has 0 saturated carbocycles. The van der Waals surface area contributed by atoms with E-state index in [1.807, 2.05) is 13.8 Å². The Morgan fingerprint density at radius 1 is 1.60 bits per heavy atom. The van der Waals surface area contributed by atoms with Crippen LogP contribution in [0.3, 0.4) is 0 Å². The van der Waals surface area contributed by atoms with E-state index in [4.69, 9.17) is 4.74 Å². The van der Waals surface area contributed by atoms with Crippen molar-refractivity contribution in [1.82, 2.24) is 0 Å². The van der Waals surface area contributed by atoms with Crippen LogP contribution >= 0.6 is 0 Å². The molecule has 0 amide bonds. The maximum absolute atomic E-state index is 9.26. The fourth-order valence-electron chi connectivity index (χ4n) is 0.630. The van der Waals surface area contributed by atoms with Gasteiger partial charge in [0.2, 0.25) is 0 Å². The van der Waals surface area contributed by atoms with E-state index in [1.165, 1.54) is 0 Å². The Labute approximate surface area is 69.9 Å². The van der Waals surface area contributed by atoms with Crippen molar-refractivity contribution in [3.63, 3.8) is 0 Å². The summed E-state index contributed by atoms with van der Waals surface area (Å²) >= 11 is 2.71. The van der Waals surface area contributed by atoms with Crippen LogP contribution in [0.25, 0.3) is 0 Å². The molecule has 0 aromatic heterocycles. The Bertz CT molecular complexity index is 104. The fraction of sp³-hybridized carbons (Fsp3) is 0.857. The van der Waals surface area contributed by atoms with Gasteiger partial charge in [0, 0.05) is 0 Å². The van der Waals surface area contributed by atoms with E-state index in [0.717, 1.165) is 12.8 Å². The van der Waals surface area contributed by atoms with E-state index in [0.29, 0.717) is 11.2 Å². The van der Waals surface area contributed by atoms with Gasteiger partial charge in [-0.05, 0) is 0 Å². The third-order valence-corrected chi connectivity index (χ3v) is 1.94. The molecule has 0 aliphatic carbocycles. The number of aliphatic hydroxyl groups is 1. The second-order valence-corrected chi connectivity index (χ2v) is 2.90. The summed E-state index contributed by atoms with van der Waals surface area (Å²) in [5.74, 6) is 0. The fourth-order valence-corrected chi connectivity index (χ4v) is 1.12. The molecule has 2 nitrogen and oxygen atoms in total. The Hall–Kier alpha value is 0.149. The molecule has 10 heavy (non-hydrogen) atoms. The molecule has 0 aliphatic heterocycles. The van der Waals surface area contributed by atoms with Gasteiger partial charge in [0.1, 0.15) is 0 Å². The first-order chi connectivity index (χ1) is 4.72. The molecule has 0 rings (SSSR count). The SMILES string of the molecule is CCCC(O)C(=[Se])OCC. The van der Waals surface area contributed by atoms with E-state index < -0.39 is 6.10 Å². The average Bonchev–Trinajstić information content (AvgIpc) is 1.89. The molecule has 0 heterocycles. The molecule has 0 aliphatic rings. The van der Waals surface area contributed by atoms with E-state index in [9.17, 15) is 5.11 Å². The second-order valence-electron chi connectivity index (χ2n) is 2.06. The zero-order valence-corrected chi connectivity index (χ0v) is 8.18. The van der Waals surface area contributed by atoms with E-state index in [2.05, 4.69) is 15.6 Å². The summed E-state index contributed by atoms with van der Waals surface area (Å²) in [6.07, 6.45) is 1.31. The number of hydrogen-bond acceptors (Lipinski definition) is 2. The molecule has 0 aromatic carbocycles. The van der Waals surface area contributed by atoms with Gasteiger partial charge in [-0.25, -0.2) is 0 Å². The zero-order chi connectivity index (χ0) is 7.98. The standard InChI is InChI=1S/C7H14O2Se/c1-3-5-6(8)7(10)9-4-2/h6,8H,3-5H2,1-2H3. The Morgan fingerprint density at radius 3 is 2.60 bits per heavy atom. The van der Waals surface area contributed by atoms with Crippen molar-refractivity contribution in [3.05, 3.63) is 0 Å². The van der Waals surface area contributed by atoms with Crippen LogP contribution < -0.4 is 0 Å². The van der Waals surface area contributed by atoms with Gasteiger partial charge in [-0.1, -0.05) is 0 Å². The van der Waals surface area contributed by atoms with Crippen molar-refractivity contribution >= 4 is 20.2 Å². The monoisotopic (exact) mass is 210 g/mol. The summed E-state index contributed by atoms with van der Waals surface area (Å²) in [6.45, 7) is 4.54. The van der Waals surface area contributed by atoms with Gasteiger partial charge in [0.25, 0.3) is 0 Å². The summed E-state index contributed by atoms with van der Waals surface area (Å²) < 4.78 is 5.68. The van der Waals surface area contributed by atoms with Gasteiger partial charge in [0.05, 0.1) is 0 Å². The number of hydrogen-bond donors (Lipinski definition) is 1. The Morgan fingerprint density at radius 2 is 2.20 bits per heavy atom. The van der Waals surface area contributed by atoms with Crippen molar-refractivity contribution in [3.8, 4) is 0 Å². The minimum absolute atomic E-state index is 0.426. The predicted octanol–water partition coefficient (Wildman–Crippen LogP) is 0.482. The molecular weight excluding hydrogens is 195 g/mol. The quantitative estimate of drug-likeness (QED) is 0.667. The summed E-state index contributed by atoms with van der Waals surface area (Å²) in [5.41, 5.74) is 0. The molecule has 0 saturated heterocycles. The first-order valence-electron chi connectivity index (χ1n) is 3.57. The minimum atomic E-state index is -0.426. The zero-order valence-electron chi connectivity index (χ0n) is 6.46. The van der Waals surface area contributed by atoms with E-state index >= 15 is 0 Å². The number of aliphatic hydroxyl groups excluding tert-OH is 1. The molecule has 1 N–H and O–H groups in total. The summed E-state index contributed by atoms with van der Waals surface area (Å²) in [5, 5.41) is 9.26. The van der Waals surface area contributed by atoms with Crippen molar-refractivity contribution in [2.75, 3.05) is 6.61 Å². The van der Waals surface area contributed by atoms with Crippen LogP contribution in [0.4, 0.5) is 0 Å². The molecule has 3 heteroatoms. The maximum atomic E-state index is 9.26. The van der Waals surface area contributed by atoms with Crippen LogP contribution in [-0.4, -0.2) is 38.0 Å². The first-order valence-corrected chi connectivity index (χ1v) is 4.42. The van der Waals surface area contributed by atoms with Crippen molar-refractivity contribution in [1.29, 1.82) is 0 Å². The second kappa shape index (κ2) is 5.90. The Balaban J connectivity index is 3.49. The molecule has 0 aromatic rings. The van der Waals surface area contributed by atoms with Crippen LogP contribution in [0, 0.1) is 0 Å². The van der Waals surface area contributed by atoms with E-state index in [1.54, 1.807) is 0 Å². The van der Waals surface area contributed by atoms with Gasteiger partial charge in [-0.2, -0.15) is 0 Å². The molecule has 0 bridgehead atoms. The van der Waals surface area contributed by atoms with Gasteiger partial charge < -0.3 is 0 Å². The molecule has 0 radical (unpaired) electrons. The van der Waals surface area contributed by atoms with Gasteiger partial charge in [-0.3, -0.25) is 0 Å². The normalized spacial score (nSPS) is 12.7. The predicted molar refractivity (Wildman–Crippen MR) is 43.3 cm³/mol. The van der Waals surface area contributed by atoms with Gasteiger partial charge >= 0.3 is 69.4 Å². The van der Waals surface area contributed by atoms with E-state index in [-0.39, 0.29) is 0 Å².